The lowest BCUT2D eigenvalue weighted by Gasteiger charge is -2.28. The SMILES string of the molecule is O=C(OCc1ccccc1)C(O)Cc1ccc(N2CCCCC2)cc1. The summed E-state index contributed by atoms with van der Waals surface area (Å²) in [5.74, 6) is -0.580. The summed E-state index contributed by atoms with van der Waals surface area (Å²) in [6.07, 6.45) is 2.94. The number of aliphatic hydroxyl groups excluding tert-OH is 1. The number of nitrogens with zero attached hydrogens (tertiary/aromatic N) is 1. The Morgan fingerprint density at radius 1 is 0.960 bits per heavy atom. The first-order chi connectivity index (χ1) is 12.2. The van der Waals surface area contributed by atoms with E-state index in [0.717, 1.165) is 24.2 Å². The van der Waals surface area contributed by atoms with Crippen molar-refractivity contribution in [2.24, 2.45) is 0 Å². The summed E-state index contributed by atoms with van der Waals surface area (Å²) in [5, 5.41) is 10.1. The summed E-state index contributed by atoms with van der Waals surface area (Å²) in [6, 6.07) is 17.6. The van der Waals surface area contributed by atoms with E-state index in [1.807, 2.05) is 42.5 Å². The lowest BCUT2D eigenvalue weighted by Crippen LogP contribution is -2.29. The molecule has 2 aromatic carbocycles. The monoisotopic (exact) mass is 339 g/mol. The highest BCUT2D eigenvalue weighted by molar-refractivity contribution is 5.74. The molecule has 1 aliphatic rings. The molecule has 0 aliphatic carbocycles. The van der Waals surface area contributed by atoms with Crippen molar-refractivity contribution in [1.82, 2.24) is 0 Å². The Bertz CT molecular complexity index is 663. The van der Waals surface area contributed by atoms with Gasteiger partial charge in [-0.25, -0.2) is 4.79 Å². The molecule has 4 nitrogen and oxygen atoms in total. The Labute approximate surface area is 149 Å². The molecular formula is C21H25NO3. The molecule has 25 heavy (non-hydrogen) atoms. The zero-order valence-electron chi connectivity index (χ0n) is 14.4. The van der Waals surface area contributed by atoms with E-state index < -0.39 is 12.1 Å². The summed E-state index contributed by atoms with van der Waals surface area (Å²) in [7, 11) is 0. The first kappa shape index (κ1) is 17.5. The minimum atomic E-state index is -1.13. The maximum Gasteiger partial charge on any atom is 0.335 e. The number of hydrogen-bond donors (Lipinski definition) is 1. The van der Waals surface area contributed by atoms with Gasteiger partial charge < -0.3 is 14.7 Å². The molecule has 1 aliphatic heterocycles. The quantitative estimate of drug-likeness (QED) is 0.820. The smallest absolute Gasteiger partial charge is 0.335 e. The molecule has 0 amide bonds. The predicted octanol–water partition coefficient (Wildman–Crippen LogP) is 3.32. The highest BCUT2D eigenvalue weighted by Crippen LogP contribution is 2.20. The van der Waals surface area contributed by atoms with Crippen molar-refractivity contribution in [1.29, 1.82) is 0 Å². The van der Waals surface area contributed by atoms with Crippen molar-refractivity contribution >= 4 is 11.7 Å². The second kappa shape index (κ2) is 8.67. The van der Waals surface area contributed by atoms with Crippen molar-refractivity contribution in [3.05, 3.63) is 65.7 Å². The minimum absolute atomic E-state index is 0.185. The normalized spacial score (nSPS) is 15.6. The maximum absolute atomic E-state index is 12.0. The number of carbonyl (C=O) groups is 1. The number of aliphatic hydroxyl groups is 1. The van der Waals surface area contributed by atoms with E-state index in [2.05, 4.69) is 17.0 Å². The van der Waals surface area contributed by atoms with E-state index in [0.29, 0.717) is 0 Å². The van der Waals surface area contributed by atoms with E-state index in [1.54, 1.807) is 0 Å². The van der Waals surface area contributed by atoms with Crippen molar-refractivity contribution in [2.45, 2.75) is 38.4 Å². The van der Waals surface area contributed by atoms with Crippen LogP contribution in [0.4, 0.5) is 5.69 Å². The lowest BCUT2D eigenvalue weighted by atomic mass is 10.1. The Balaban J connectivity index is 1.49. The van der Waals surface area contributed by atoms with Gasteiger partial charge in [0.1, 0.15) is 6.61 Å². The van der Waals surface area contributed by atoms with Gasteiger partial charge in [0.15, 0.2) is 6.10 Å². The molecule has 0 bridgehead atoms. The van der Waals surface area contributed by atoms with Gasteiger partial charge in [0.2, 0.25) is 0 Å². The van der Waals surface area contributed by atoms with Crippen molar-refractivity contribution in [3.8, 4) is 0 Å². The van der Waals surface area contributed by atoms with Gasteiger partial charge in [-0.1, -0.05) is 42.5 Å². The fraction of sp³-hybridized carbons (Fsp3) is 0.381. The Morgan fingerprint density at radius 3 is 2.32 bits per heavy atom. The van der Waals surface area contributed by atoms with Crippen LogP contribution < -0.4 is 4.90 Å². The average Bonchev–Trinajstić information content (AvgIpc) is 2.68. The van der Waals surface area contributed by atoms with Crippen LogP contribution in [0.15, 0.2) is 54.6 Å². The van der Waals surface area contributed by atoms with Gasteiger partial charge in [0.05, 0.1) is 0 Å². The third-order valence-corrected chi connectivity index (χ3v) is 4.58. The van der Waals surface area contributed by atoms with Crippen molar-refractivity contribution in [3.63, 3.8) is 0 Å². The first-order valence-corrected chi connectivity index (χ1v) is 8.95. The number of ether oxygens (including phenoxy) is 1. The lowest BCUT2D eigenvalue weighted by molar-refractivity contribution is -0.154. The van der Waals surface area contributed by atoms with Crippen LogP contribution in [0.2, 0.25) is 0 Å². The van der Waals surface area contributed by atoms with Crippen LogP contribution in [-0.4, -0.2) is 30.3 Å². The summed E-state index contributed by atoms with van der Waals surface area (Å²) in [6.45, 7) is 2.40. The van der Waals surface area contributed by atoms with Crippen LogP contribution >= 0.6 is 0 Å². The molecule has 1 N–H and O–H groups in total. The minimum Gasteiger partial charge on any atom is -0.459 e. The first-order valence-electron chi connectivity index (χ1n) is 8.95. The van der Waals surface area contributed by atoms with Gasteiger partial charge in [-0.05, 0) is 42.5 Å². The van der Waals surface area contributed by atoms with Crippen molar-refractivity contribution < 1.29 is 14.6 Å². The number of hydrogen-bond acceptors (Lipinski definition) is 4. The molecule has 0 spiro atoms. The molecule has 0 saturated carbocycles. The molecule has 1 saturated heterocycles. The maximum atomic E-state index is 12.0. The van der Waals surface area contributed by atoms with Gasteiger partial charge in [-0.15, -0.1) is 0 Å². The Kier molecular flexibility index (Phi) is 6.07. The van der Waals surface area contributed by atoms with E-state index >= 15 is 0 Å². The van der Waals surface area contributed by atoms with Crippen LogP contribution in [0.1, 0.15) is 30.4 Å². The fourth-order valence-corrected chi connectivity index (χ4v) is 3.13. The molecule has 132 valence electrons. The number of esters is 1. The fourth-order valence-electron chi connectivity index (χ4n) is 3.13. The molecule has 1 heterocycles. The van der Waals surface area contributed by atoms with E-state index in [1.165, 1.54) is 24.9 Å². The summed E-state index contributed by atoms with van der Waals surface area (Å²) < 4.78 is 5.18. The largest absolute Gasteiger partial charge is 0.459 e. The van der Waals surface area contributed by atoms with Crippen LogP contribution in [0, 0.1) is 0 Å². The number of carbonyl (C=O) groups excluding carboxylic acids is 1. The number of piperidine rings is 1. The van der Waals surface area contributed by atoms with Gasteiger partial charge in [0, 0.05) is 25.2 Å². The van der Waals surface area contributed by atoms with Crippen LogP contribution in [0.25, 0.3) is 0 Å². The molecular weight excluding hydrogens is 314 g/mol. The molecule has 1 atom stereocenters. The third kappa shape index (κ3) is 5.07. The zero-order valence-corrected chi connectivity index (χ0v) is 14.4. The standard InChI is InChI=1S/C21H25NO3/c23-20(21(24)25-16-18-7-3-1-4-8-18)15-17-9-11-19(12-10-17)22-13-5-2-6-14-22/h1,3-4,7-12,20,23H,2,5-6,13-16H2. The average molecular weight is 339 g/mol. The second-order valence-electron chi connectivity index (χ2n) is 6.53. The number of rotatable bonds is 6. The van der Waals surface area contributed by atoms with Crippen LogP contribution in [0.5, 0.6) is 0 Å². The molecule has 1 fully saturated rings. The summed E-state index contributed by atoms with van der Waals surface area (Å²) >= 11 is 0. The molecule has 4 heteroatoms. The molecule has 1 unspecified atom stereocenters. The van der Waals surface area contributed by atoms with Gasteiger partial charge >= 0.3 is 5.97 Å². The van der Waals surface area contributed by atoms with Crippen LogP contribution in [-0.2, 0) is 22.6 Å². The summed E-state index contributed by atoms with van der Waals surface area (Å²) in [5.41, 5.74) is 3.06. The summed E-state index contributed by atoms with van der Waals surface area (Å²) in [4.78, 5) is 14.3. The van der Waals surface area contributed by atoms with Gasteiger partial charge in [-0.2, -0.15) is 0 Å². The van der Waals surface area contributed by atoms with E-state index in [9.17, 15) is 9.90 Å². The molecule has 3 rings (SSSR count). The number of anilines is 1. The van der Waals surface area contributed by atoms with E-state index in [-0.39, 0.29) is 13.0 Å². The zero-order chi connectivity index (χ0) is 17.5. The molecule has 0 aromatic heterocycles. The molecule has 0 radical (unpaired) electrons. The van der Waals surface area contributed by atoms with Crippen molar-refractivity contribution in [2.75, 3.05) is 18.0 Å². The second-order valence-corrected chi connectivity index (χ2v) is 6.53. The van der Waals surface area contributed by atoms with Gasteiger partial charge in [-0.3, -0.25) is 0 Å². The van der Waals surface area contributed by atoms with Gasteiger partial charge in [0.25, 0.3) is 0 Å². The third-order valence-electron chi connectivity index (χ3n) is 4.58. The molecule has 2 aromatic rings. The Hall–Kier alpha value is -2.33. The highest BCUT2D eigenvalue weighted by Gasteiger charge is 2.18. The van der Waals surface area contributed by atoms with E-state index in [4.69, 9.17) is 4.74 Å². The highest BCUT2D eigenvalue weighted by atomic mass is 16.5. The topological polar surface area (TPSA) is 49.8 Å². The Morgan fingerprint density at radius 2 is 1.64 bits per heavy atom. The predicted molar refractivity (Wildman–Crippen MR) is 98.5 cm³/mol. The van der Waals surface area contributed by atoms with Crippen LogP contribution in [0.3, 0.4) is 0 Å². The number of benzene rings is 2.